The maximum absolute atomic E-state index is 13.2. The molecule has 6 heteroatoms. The van der Waals surface area contributed by atoms with Crippen LogP contribution in [0.1, 0.15) is 19.8 Å². The van der Waals surface area contributed by atoms with Crippen LogP contribution < -0.4 is 10.1 Å². The quantitative estimate of drug-likeness (QED) is 0.793. The molecule has 1 atom stereocenters. The summed E-state index contributed by atoms with van der Waals surface area (Å²) in [5.41, 5.74) is 0. The zero-order valence-electron chi connectivity index (χ0n) is 10.7. The molecule has 0 fully saturated rings. The fraction of sp³-hybridized carbons (Fsp3) is 0.462. The van der Waals surface area contributed by atoms with Gasteiger partial charge in [0.2, 0.25) is 0 Å². The van der Waals surface area contributed by atoms with Crippen molar-refractivity contribution in [3.05, 3.63) is 29.8 Å². The number of ether oxygens (including phenoxy) is 1. The number of halogens is 2. The van der Waals surface area contributed by atoms with E-state index < -0.39 is 17.5 Å². The van der Waals surface area contributed by atoms with E-state index in [0.717, 1.165) is 12.1 Å². The lowest BCUT2D eigenvalue weighted by atomic mass is 10.1. The van der Waals surface area contributed by atoms with Crippen LogP contribution in [0.4, 0.5) is 8.78 Å². The second-order valence-electron chi connectivity index (χ2n) is 4.05. The summed E-state index contributed by atoms with van der Waals surface area (Å²) in [6, 6.07) is 2.73. The van der Waals surface area contributed by atoms with Crippen LogP contribution in [0.5, 0.6) is 5.75 Å². The zero-order chi connectivity index (χ0) is 14.3. The first-order valence-corrected chi connectivity index (χ1v) is 6.04. The van der Waals surface area contributed by atoms with E-state index >= 15 is 0 Å². The van der Waals surface area contributed by atoms with Crippen molar-refractivity contribution in [1.82, 2.24) is 5.32 Å². The minimum atomic E-state index is -0.852. The van der Waals surface area contributed by atoms with Gasteiger partial charge in [-0.15, -0.1) is 0 Å². The van der Waals surface area contributed by atoms with Crippen LogP contribution in [0.2, 0.25) is 0 Å². The largest absolute Gasteiger partial charge is 0.481 e. The molecule has 0 radical (unpaired) electrons. The number of amides is 1. The summed E-state index contributed by atoms with van der Waals surface area (Å²) in [6.07, 6.45) is 1.13. The second-order valence-corrected chi connectivity index (χ2v) is 4.05. The molecule has 0 saturated heterocycles. The van der Waals surface area contributed by atoms with E-state index in [0.29, 0.717) is 18.9 Å². The number of nitrogens with one attached hydrogen (secondary N) is 1. The van der Waals surface area contributed by atoms with Gasteiger partial charge in [0.1, 0.15) is 5.82 Å². The maximum Gasteiger partial charge on any atom is 0.258 e. The third-order valence-electron chi connectivity index (χ3n) is 2.59. The van der Waals surface area contributed by atoms with E-state index in [4.69, 9.17) is 9.84 Å². The van der Waals surface area contributed by atoms with Crippen molar-refractivity contribution in [3.8, 4) is 5.75 Å². The molecule has 0 aliphatic carbocycles. The van der Waals surface area contributed by atoms with Gasteiger partial charge in [-0.25, -0.2) is 8.78 Å². The second kappa shape index (κ2) is 7.68. The number of rotatable bonds is 7. The average Bonchev–Trinajstić information content (AvgIpc) is 2.37. The van der Waals surface area contributed by atoms with E-state index in [-0.39, 0.29) is 25.0 Å². The molecule has 1 amide bonds. The Morgan fingerprint density at radius 2 is 2.21 bits per heavy atom. The van der Waals surface area contributed by atoms with Gasteiger partial charge in [0.05, 0.1) is 0 Å². The van der Waals surface area contributed by atoms with Gasteiger partial charge in [0.15, 0.2) is 18.2 Å². The maximum atomic E-state index is 13.2. The molecule has 4 nitrogen and oxygen atoms in total. The van der Waals surface area contributed by atoms with Crippen LogP contribution in [-0.2, 0) is 4.79 Å². The third kappa shape index (κ3) is 5.21. The smallest absolute Gasteiger partial charge is 0.258 e. The number of aliphatic hydroxyl groups is 1. The Morgan fingerprint density at radius 1 is 1.47 bits per heavy atom. The molecule has 0 heterocycles. The fourth-order valence-electron chi connectivity index (χ4n) is 1.54. The van der Waals surface area contributed by atoms with Crippen molar-refractivity contribution >= 4 is 5.91 Å². The standard InChI is InChI=1S/C13H17F2NO3/c1-2-10(5-6-17)16-13(18)8-19-12-4-3-9(14)7-11(12)15/h3-4,7,10,17H,2,5-6,8H2,1H3,(H,16,18). The van der Waals surface area contributed by atoms with Crippen LogP contribution in [0.25, 0.3) is 0 Å². The summed E-state index contributed by atoms with van der Waals surface area (Å²) in [5.74, 6) is -2.14. The normalized spacial score (nSPS) is 12.0. The molecule has 1 aromatic rings. The van der Waals surface area contributed by atoms with E-state index in [2.05, 4.69) is 5.32 Å². The molecule has 0 aliphatic heterocycles. The molecule has 19 heavy (non-hydrogen) atoms. The van der Waals surface area contributed by atoms with Gasteiger partial charge in [0.25, 0.3) is 5.91 Å². The minimum absolute atomic E-state index is 0.0216. The van der Waals surface area contributed by atoms with E-state index in [1.807, 2.05) is 6.92 Å². The van der Waals surface area contributed by atoms with Gasteiger partial charge in [-0.2, -0.15) is 0 Å². The molecule has 1 rings (SSSR count). The van der Waals surface area contributed by atoms with E-state index in [9.17, 15) is 13.6 Å². The summed E-state index contributed by atoms with van der Waals surface area (Å²) in [6.45, 7) is 1.50. The molecule has 0 aliphatic rings. The van der Waals surface area contributed by atoms with Gasteiger partial charge in [-0.1, -0.05) is 6.92 Å². The van der Waals surface area contributed by atoms with Gasteiger partial charge in [-0.3, -0.25) is 4.79 Å². The molecular weight excluding hydrogens is 256 g/mol. The Hall–Kier alpha value is -1.69. The molecule has 1 unspecified atom stereocenters. The highest BCUT2D eigenvalue weighted by molar-refractivity contribution is 5.77. The van der Waals surface area contributed by atoms with Crippen LogP contribution in [0.3, 0.4) is 0 Å². The Morgan fingerprint density at radius 3 is 2.79 bits per heavy atom. The first-order chi connectivity index (χ1) is 9.06. The van der Waals surface area contributed by atoms with Crippen molar-refractivity contribution in [3.63, 3.8) is 0 Å². The van der Waals surface area contributed by atoms with Crippen molar-refractivity contribution in [2.45, 2.75) is 25.8 Å². The SMILES string of the molecule is CCC(CCO)NC(=O)COc1ccc(F)cc1F. The third-order valence-corrected chi connectivity index (χ3v) is 2.59. The topological polar surface area (TPSA) is 58.6 Å². The number of hydrogen-bond donors (Lipinski definition) is 2. The van der Waals surface area contributed by atoms with Crippen LogP contribution in [-0.4, -0.2) is 30.3 Å². The Kier molecular flexibility index (Phi) is 6.21. The average molecular weight is 273 g/mol. The molecule has 106 valence electrons. The summed E-state index contributed by atoms with van der Waals surface area (Å²) in [7, 11) is 0. The number of benzene rings is 1. The van der Waals surface area contributed by atoms with Crippen LogP contribution >= 0.6 is 0 Å². The zero-order valence-corrected chi connectivity index (χ0v) is 10.7. The number of carbonyl (C=O) groups is 1. The lowest BCUT2D eigenvalue weighted by Crippen LogP contribution is -2.38. The Bertz CT molecular complexity index is 426. The highest BCUT2D eigenvalue weighted by atomic mass is 19.1. The predicted molar refractivity (Wildman–Crippen MR) is 65.8 cm³/mol. The molecule has 0 bridgehead atoms. The summed E-state index contributed by atoms with van der Waals surface area (Å²) in [4.78, 5) is 11.5. The summed E-state index contributed by atoms with van der Waals surface area (Å²) >= 11 is 0. The van der Waals surface area contributed by atoms with Gasteiger partial charge in [0, 0.05) is 18.7 Å². The monoisotopic (exact) mass is 273 g/mol. The van der Waals surface area contributed by atoms with Gasteiger partial charge in [-0.05, 0) is 25.0 Å². The van der Waals surface area contributed by atoms with Crippen molar-refractivity contribution in [2.24, 2.45) is 0 Å². The molecule has 0 saturated carbocycles. The molecular formula is C13H17F2NO3. The van der Waals surface area contributed by atoms with Crippen molar-refractivity contribution < 1.29 is 23.4 Å². The van der Waals surface area contributed by atoms with Crippen molar-refractivity contribution in [1.29, 1.82) is 0 Å². The highest BCUT2D eigenvalue weighted by Crippen LogP contribution is 2.17. The Balaban J connectivity index is 2.45. The summed E-state index contributed by atoms with van der Waals surface area (Å²) < 4.78 is 30.8. The Labute approximate surface area is 110 Å². The predicted octanol–water partition coefficient (Wildman–Crippen LogP) is 1.62. The number of aliphatic hydroxyl groups excluding tert-OH is 1. The van der Waals surface area contributed by atoms with E-state index in [1.54, 1.807) is 0 Å². The first-order valence-electron chi connectivity index (χ1n) is 6.04. The number of carbonyl (C=O) groups excluding carboxylic acids is 1. The number of hydrogen-bond acceptors (Lipinski definition) is 3. The molecule has 0 spiro atoms. The van der Waals surface area contributed by atoms with Gasteiger partial charge < -0.3 is 15.2 Å². The van der Waals surface area contributed by atoms with Gasteiger partial charge >= 0.3 is 0 Å². The van der Waals surface area contributed by atoms with Crippen LogP contribution in [0.15, 0.2) is 18.2 Å². The molecule has 0 aromatic heterocycles. The fourth-order valence-corrected chi connectivity index (χ4v) is 1.54. The van der Waals surface area contributed by atoms with Crippen LogP contribution in [0, 0.1) is 11.6 Å². The molecule has 1 aromatic carbocycles. The van der Waals surface area contributed by atoms with E-state index in [1.165, 1.54) is 0 Å². The summed E-state index contributed by atoms with van der Waals surface area (Å²) in [5, 5.41) is 11.4. The lowest BCUT2D eigenvalue weighted by Gasteiger charge is -2.16. The lowest BCUT2D eigenvalue weighted by molar-refractivity contribution is -0.123. The molecule has 2 N–H and O–H groups in total. The first kappa shape index (κ1) is 15.4. The van der Waals surface area contributed by atoms with Crippen molar-refractivity contribution in [2.75, 3.05) is 13.2 Å². The minimum Gasteiger partial charge on any atom is -0.481 e. The highest BCUT2D eigenvalue weighted by Gasteiger charge is 2.12.